The Morgan fingerprint density at radius 1 is 1.56 bits per heavy atom. The molecule has 0 aliphatic carbocycles. The summed E-state index contributed by atoms with van der Waals surface area (Å²) in [7, 11) is 0. The third kappa shape index (κ3) is 2.69. The molecule has 0 aliphatic heterocycles. The highest BCUT2D eigenvalue weighted by atomic mass is 35.5. The van der Waals surface area contributed by atoms with Crippen molar-refractivity contribution in [3.63, 3.8) is 0 Å². The van der Waals surface area contributed by atoms with Gasteiger partial charge in [0.05, 0.1) is 11.5 Å². The van der Waals surface area contributed by atoms with Gasteiger partial charge in [-0.3, -0.25) is 10.1 Å². The lowest BCUT2D eigenvalue weighted by molar-refractivity contribution is -0.384. The molecular formula is C8H7ClN6O3. The topological polar surface area (TPSA) is 120 Å². The van der Waals surface area contributed by atoms with E-state index in [0.717, 1.165) is 6.20 Å². The molecule has 0 unspecified atom stereocenters. The molecule has 2 rings (SSSR count). The predicted octanol–water partition coefficient (Wildman–Crippen LogP) is 1.34. The Hall–Kier alpha value is -2.29. The van der Waals surface area contributed by atoms with Crippen LogP contribution in [0.2, 0.25) is 5.28 Å². The van der Waals surface area contributed by atoms with Crippen molar-refractivity contribution in [1.82, 2.24) is 20.1 Å². The lowest BCUT2D eigenvalue weighted by Crippen LogP contribution is -2.06. The van der Waals surface area contributed by atoms with Gasteiger partial charge in [0.2, 0.25) is 17.0 Å². The Labute approximate surface area is 105 Å². The van der Waals surface area contributed by atoms with Gasteiger partial charge in [0, 0.05) is 0 Å². The summed E-state index contributed by atoms with van der Waals surface area (Å²) in [5, 5.41) is 16.9. The number of rotatable bonds is 4. The highest BCUT2D eigenvalue weighted by molar-refractivity contribution is 6.28. The summed E-state index contributed by atoms with van der Waals surface area (Å²) in [6, 6.07) is 0. The van der Waals surface area contributed by atoms with Crippen molar-refractivity contribution in [2.45, 2.75) is 13.5 Å². The number of anilines is 1. The molecule has 0 radical (unpaired) electrons. The molecule has 10 heteroatoms. The summed E-state index contributed by atoms with van der Waals surface area (Å²) >= 11 is 5.57. The molecule has 0 spiro atoms. The first-order chi connectivity index (χ1) is 8.56. The normalized spacial score (nSPS) is 10.3. The number of nitrogens with one attached hydrogen (secondary N) is 1. The standard InChI is InChI=1S/C8H7ClN6O3/c1-4-12-6(18-14-4)3-10-7-5(15(16)17)2-11-8(9)13-7/h2H,3H2,1H3,(H,10,11,13). The zero-order valence-electron chi connectivity index (χ0n) is 9.12. The lowest BCUT2D eigenvalue weighted by Gasteiger charge is -2.02. The van der Waals surface area contributed by atoms with E-state index in [1.807, 2.05) is 0 Å². The molecule has 18 heavy (non-hydrogen) atoms. The maximum absolute atomic E-state index is 10.7. The van der Waals surface area contributed by atoms with Crippen LogP contribution in [-0.4, -0.2) is 25.0 Å². The fraction of sp³-hybridized carbons (Fsp3) is 0.250. The minimum Gasteiger partial charge on any atom is -0.355 e. The first kappa shape index (κ1) is 12.2. The van der Waals surface area contributed by atoms with Crippen molar-refractivity contribution >= 4 is 23.1 Å². The fourth-order valence-electron chi connectivity index (χ4n) is 1.19. The maximum Gasteiger partial charge on any atom is 0.329 e. The second kappa shape index (κ2) is 4.92. The number of hydrogen-bond donors (Lipinski definition) is 1. The number of aromatic nitrogens is 4. The van der Waals surface area contributed by atoms with Crippen molar-refractivity contribution < 1.29 is 9.45 Å². The molecule has 2 aromatic rings. The number of hydrogen-bond acceptors (Lipinski definition) is 8. The van der Waals surface area contributed by atoms with Crippen molar-refractivity contribution in [1.29, 1.82) is 0 Å². The van der Waals surface area contributed by atoms with E-state index < -0.39 is 4.92 Å². The molecule has 0 saturated carbocycles. The van der Waals surface area contributed by atoms with Gasteiger partial charge >= 0.3 is 5.69 Å². The molecule has 9 nitrogen and oxygen atoms in total. The molecule has 2 heterocycles. The summed E-state index contributed by atoms with van der Waals surface area (Å²) in [5.74, 6) is 0.759. The van der Waals surface area contributed by atoms with Crippen LogP contribution in [-0.2, 0) is 6.54 Å². The van der Waals surface area contributed by atoms with Crippen LogP contribution in [0.3, 0.4) is 0 Å². The van der Waals surface area contributed by atoms with E-state index in [1.54, 1.807) is 6.92 Å². The van der Waals surface area contributed by atoms with Crippen LogP contribution in [0.25, 0.3) is 0 Å². The molecule has 0 aromatic carbocycles. The van der Waals surface area contributed by atoms with Gasteiger partial charge in [-0.15, -0.1) is 0 Å². The summed E-state index contributed by atoms with van der Waals surface area (Å²) in [5.41, 5.74) is -0.282. The van der Waals surface area contributed by atoms with Crippen LogP contribution in [0.4, 0.5) is 11.5 Å². The van der Waals surface area contributed by atoms with Crippen LogP contribution in [0, 0.1) is 17.0 Å². The molecule has 0 saturated heterocycles. The number of aryl methyl sites for hydroxylation is 1. The molecule has 1 N–H and O–H groups in total. The molecule has 94 valence electrons. The van der Waals surface area contributed by atoms with Crippen LogP contribution < -0.4 is 5.32 Å². The van der Waals surface area contributed by atoms with Crippen molar-refractivity contribution in [2.24, 2.45) is 0 Å². The minimum atomic E-state index is -0.613. The van der Waals surface area contributed by atoms with E-state index in [0.29, 0.717) is 5.82 Å². The smallest absolute Gasteiger partial charge is 0.329 e. The van der Waals surface area contributed by atoms with Gasteiger partial charge in [0.25, 0.3) is 0 Å². The average molecular weight is 271 g/mol. The third-order valence-electron chi connectivity index (χ3n) is 1.91. The largest absolute Gasteiger partial charge is 0.355 e. The Balaban J connectivity index is 2.17. The van der Waals surface area contributed by atoms with Crippen LogP contribution in [0.5, 0.6) is 0 Å². The molecular weight excluding hydrogens is 264 g/mol. The van der Waals surface area contributed by atoms with E-state index in [9.17, 15) is 10.1 Å². The van der Waals surface area contributed by atoms with E-state index >= 15 is 0 Å². The number of nitrogens with zero attached hydrogens (tertiary/aromatic N) is 5. The van der Waals surface area contributed by atoms with E-state index in [-0.39, 0.29) is 29.2 Å². The second-order valence-electron chi connectivity index (χ2n) is 3.22. The van der Waals surface area contributed by atoms with Crippen molar-refractivity contribution in [3.8, 4) is 0 Å². The monoisotopic (exact) mass is 270 g/mol. The minimum absolute atomic E-state index is 0.00384. The van der Waals surface area contributed by atoms with Crippen LogP contribution in [0.15, 0.2) is 10.7 Å². The van der Waals surface area contributed by atoms with Crippen molar-refractivity contribution in [2.75, 3.05) is 5.32 Å². The summed E-state index contributed by atoms with van der Waals surface area (Å²) in [6.45, 7) is 1.77. The van der Waals surface area contributed by atoms with E-state index in [1.165, 1.54) is 0 Å². The van der Waals surface area contributed by atoms with E-state index in [2.05, 4.69) is 25.4 Å². The maximum atomic E-state index is 10.7. The van der Waals surface area contributed by atoms with Gasteiger partial charge in [-0.05, 0) is 18.5 Å². The number of nitro groups is 1. The first-order valence-corrected chi connectivity index (χ1v) is 5.14. The molecule has 0 aliphatic rings. The molecule has 0 bridgehead atoms. The Morgan fingerprint density at radius 3 is 2.94 bits per heavy atom. The Kier molecular flexibility index (Phi) is 3.33. The first-order valence-electron chi connectivity index (χ1n) is 4.76. The van der Waals surface area contributed by atoms with Gasteiger partial charge < -0.3 is 9.84 Å². The van der Waals surface area contributed by atoms with Gasteiger partial charge in [-0.25, -0.2) is 4.98 Å². The highest BCUT2D eigenvalue weighted by Gasteiger charge is 2.17. The summed E-state index contributed by atoms with van der Waals surface area (Å²) in [4.78, 5) is 21.3. The van der Waals surface area contributed by atoms with Crippen molar-refractivity contribution in [3.05, 3.63) is 33.3 Å². The highest BCUT2D eigenvalue weighted by Crippen LogP contribution is 2.22. The molecule has 0 amide bonds. The van der Waals surface area contributed by atoms with Crippen LogP contribution >= 0.6 is 11.6 Å². The molecule has 2 aromatic heterocycles. The third-order valence-corrected chi connectivity index (χ3v) is 2.10. The van der Waals surface area contributed by atoms with Gasteiger partial charge in [0.1, 0.15) is 6.20 Å². The summed E-state index contributed by atoms with van der Waals surface area (Å²) < 4.78 is 4.85. The quantitative estimate of drug-likeness (QED) is 0.502. The van der Waals surface area contributed by atoms with Gasteiger partial charge in [0.15, 0.2) is 5.82 Å². The summed E-state index contributed by atoms with van der Waals surface area (Å²) in [6.07, 6.45) is 1.02. The average Bonchev–Trinajstić information content (AvgIpc) is 2.72. The second-order valence-corrected chi connectivity index (χ2v) is 3.56. The fourth-order valence-corrected chi connectivity index (χ4v) is 1.32. The Bertz CT molecular complexity index is 586. The number of halogens is 1. The van der Waals surface area contributed by atoms with Crippen LogP contribution in [0.1, 0.15) is 11.7 Å². The zero-order chi connectivity index (χ0) is 13.1. The molecule has 0 fully saturated rings. The SMILES string of the molecule is Cc1noc(CNc2nc(Cl)ncc2[N+](=O)[O-])n1. The predicted molar refractivity (Wildman–Crippen MR) is 60.1 cm³/mol. The zero-order valence-corrected chi connectivity index (χ0v) is 9.88. The Morgan fingerprint density at radius 2 is 2.33 bits per heavy atom. The van der Waals surface area contributed by atoms with Gasteiger partial charge in [-0.2, -0.15) is 9.97 Å². The molecule has 0 atom stereocenters. The lowest BCUT2D eigenvalue weighted by atomic mass is 10.4. The van der Waals surface area contributed by atoms with Gasteiger partial charge in [-0.1, -0.05) is 5.16 Å². The van der Waals surface area contributed by atoms with E-state index in [4.69, 9.17) is 16.1 Å².